The lowest BCUT2D eigenvalue weighted by Gasteiger charge is -2.16. The first-order valence-corrected chi connectivity index (χ1v) is 5.80. The van der Waals surface area contributed by atoms with Crippen LogP contribution in [-0.4, -0.2) is 15.6 Å². The number of carboxylic acid groups (broad SMARTS) is 1. The van der Waals surface area contributed by atoms with Crippen molar-refractivity contribution in [1.82, 2.24) is 4.57 Å². The van der Waals surface area contributed by atoms with Gasteiger partial charge >= 0.3 is 5.97 Å². The summed E-state index contributed by atoms with van der Waals surface area (Å²) in [5.41, 5.74) is 1.37. The number of rotatable bonds is 4. The van der Waals surface area contributed by atoms with Crippen LogP contribution in [0.25, 0.3) is 0 Å². The molecule has 0 aromatic carbocycles. The molecule has 1 aromatic rings. The van der Waals surface area contributed by atoms with Crippen LogP contribution in [0.5, 0.6) is 0 Å². The Hall–Kier alpha value is -1.52. The van der Waals surface area contributed by atoms with Crippen LogP contribution in [0.2, 0.25) is 0 Å². The summed E-state index contributed by atoms with van der Waals surface area (Å²) in [6, 6.07) is -0.693. The van der Waals surface area contributed by atoms with Crippen LogP contribution in [0.3, 0.4) is 0 Å². The molecule has 96 valence electrons. The van der Waals surface area contributed by atoms with Crippen LogP contribution in [0, 0.1) is 18.0 Å². The van der Waals surface area contributed by atoms with Crippen molar-refractivity contribution in [2.75, 3.05) is 0 Å². The van der Waals surface area contributed by atoms with Crippen molar-refractivity contribution in [2.45, 2.75) is 46.6 Å². The number of nitrogens with zero attached hydrogens (tertiary/aromatic N) is 2. The topological polar surface area (TPSA) is 69.2 Å². The van der Waals surface area contributed by atoms with E-state index in [1.165, 1.54) is 6.33 Å². The molecule has 0 fully saturated rings. The van der Waals surface area contributed by atoms with Gasteiger partial charge in [-0.1, -0.05) is 27.7 Å². The molecule has 5 nitrogen and oxygen atoms in total. The largest absolute Gasteiger partial charge is 0.711 e. The molecular formula is C12H20N2O3. The normalized spacial score (nSPS) is 13.4. The highest BCUT2D eigenvalue weighted by Gasteiger charge is 2.33. The molecule has 0 bridgehead atoms. The van der Waals surface area contributed by atoms with Crippen molar-refractivity contribution in [3.05, 3.63) is 22.9 Å². The molecule has 1 aromatic heterocycles. The van der Waals surface area contributed by atoms with Gasteiger partial charge in [-0.25, -0.2) is 14.1 Å². The molecule has 0 amide bonds. The van der Waals surface area contributed by atoms with Crippen molar-refractivity contribution < 1.29 is 14.6 Å². The molecule has 1 heterocycles. The van der Waals surface area contributed by atoms with Crippen molar-refractivity contribution in [3.63, 3.8) is 0 Å². The van der Waals surface area contributed by atoms with E-state index in [9.17, 15) is 15.1 Å². The maximum Gasteiger partial charge on any atom is 0.349 e. The Morgan fingerprint density at radius 1 is 1.41 bits per heavy atom. The van der Waals surface area contributed by atoms with Crippen molar-refractivity contribution in [3.8, 4) is 0 Å². The average Bonchev–Trinajstić information content (AvgIpc) is 2.41. The number of hydrogen-bond acceptors (Lipinski definition) is 2. The fourth-order valence-corrected chi connectivity index (χ4v) is 2.22. The monoisotopic (exact) mass is 240 g/mol. The smallest absolute Gasteiger partial charge is 0.349 e. The molecule has 0 aliphatic heterocycles. The summed E-state index contributed by atoms with van der Waals surface area (Å²) in [4.78, 5) is 11.3. The van der Waals surface area contributed by atoms with E-state index in [1.54, 1.807) is 11.5 Å². The Labute approximate surface area is 101 Å². The first kappa shape index (κ1) is 13.5. The third-order valence-corrected chi connectivity index (χ3v) is 2.94. The van der Waals surface area contributed by atoms with Crippen molar-refractivity contribution in [2.24, 2.45) is 5.92 Å². The van der Waals surface area contributed by atoms with Gasteiger partial charge in [0.1, 0.15) is 11.4 Å². The van der Waals surface area contributed by atoms with Gasteiger partial charge in [-0.15, -0.1) is 0 Å². The van der Waals surface area contributed by atoms with Crippen LogP contribution in [-0.2, 0) is 4.79 Å². The number of carbonyl (C=O) groups is 1. The standard InChI is InChI=1S/C12H20N2O3/c1-7(2)10-9(5)14(17)6-13(10)11(8(3)4)12(15)16/h6-8,11H,1-5H3,(H,15,16)/t11-/m0/s1. The molecule has 5 heteroatoms. The molecule has 1 atom stereocenters. The SMILES string of the molecule is Cc1c(C(C)C)n([C@H](C(=O)O)C(C)C)c[n+]1[O-]. The summed E-state index contributed by atoms with van der Waals surface area (Å²) in [6.07, 6.45) is 1.34. The van der Waals surface area contributed by atoms with Gasteiger partial charge in [0, 0.05) is 18.8 Å². The van der Waals surface area contributed by atoms with Gasteiger partial charge in [-0.2, -0.15) is 0 Å². The van der Waals surface area contributed by atoms with Crippen LogP contribution in [0.15, 0.2) is 6.33 Å². The van der Waals surface area contributed by atoms with Crippen LogP contribution in [0.1, 0.15) is 51.0 Å². The second-order valence-corrected chi connectivity index (χ2v) is 5.00. The zero-order valence-corrected chi connectivity index (χ0v) is 11.0. The minimum atomic E-state index is -0.905. The van der Waals surface area contributed by atoms with Gasteiger partial charge in [0.25, 0.3) is 0 Å². The maximum absolute atomic E-state index is 11.6. The van der Waals surface area contributed by atoms with E-state index >= 15 is 0 Å². The van der Waals surface area contributed by atoms with E-state index in [-0.39, 0.29) is 11.8 Å². The van der Waals surface area contributed by atoms with Gasteiger partial charge < -0.3 is 10.3 Å². The van der Waals surface area contributed by atoms with Gasteiger partial charge in [0.05, 0.1) is 0 Å². The van der Waals surface area contributed by atoms with E-state index in [0.717, 1.165) is 10.4 Å². The lowest BCUT2D eigenvalue weighted by Crippen LogP contribution is -2.28. The van der Waals surface area contributed by atoms with E-state index in [4.69, 9.17) is 0 Å². The zero-order chi connectivity index (χ0) is 13.3. The number of imidazole rings is 1. The molecular weight excluding hydrogens is 220 g/mol. The Bertz CT molecular complexity index is 422. The van der Waals surface area contributed by atoms with E-state index < -0.39 is 12.0 Å². The quantitative estimate of drug-likeness (QED) is 0.645. The molecule has 0 saturated carbocycles. The molecule has 0 aliphatic carbocycles. The summed E-state index contributed by atoms with van der Waals surface area (Å²) >= 11 is 0. The summed E-state index contributed by atoms with van der Waals surface area (Å²) in [6.45, 7) is 9.31. The Morgan fingerprint density at radius 2 is 1.94 bits per heavy atom. The molecule has 0 spiro atoms. The predicted molar refractivity (Wildman–Crippen MR) is 63.7 cm³/mol. The first-order chi connectivity index (χ1) is 7.77. The van der Waals surface area contributed by atoms with Gasteiger partial charge in [-0.3, -0.25) is 0 Å². The maximum atomic E-state index is 11.6. The highest BCUT2D eigenvalue weighted by molar-refractivity contribution is 5.72. The van der Waals surface area contributed by atoms with E-state index in [2.05, 4.69) is 0 Å². The number of aliphatic carboxylic acids is 1. The molecule has 17 heavy (non-hydrogen) atoms. The predicted octanol–water partition coefficient (Wildman–Crippen LogP) is 1.84. The average molecular weight is 240 g/mol. The molecule has 1 rings (SSSR count). The number of carboxylic acids is 1. The van der Waals surface area contributed by atoms with Crippen LogP contribution in [0.4, 0.5) is 0 Å². The minimum Gasteiger partial charge on any atom is -0.711 e. The fraction of sp³-hybridized carbons (Fsp3) is 0.667. The third-order valence-electron chi connectivity index (χ3n) is 2.94. The summed E-state index contributed by atoms with van der Waals surface area (Å²) in [5.74, 6) is -0.861. The first-order valence-electron chi connectivity index (χ1n) is 5.80. The second-order valence-electron chi connectivity index (χ2n) is 5.00. The van der Waals surface area contributed by atoms with E-state index in [0.29, 0.717) is 5.69 Å². The fourth-order valence-electron chi connectivity index (χ4n) is 2.22. The molecule has 0 unspecified atom stereocenters. The van der Waals surface area contributed by atoms with Gasteiger partial charge in [0.2, 0.25) is 6.33 Å². The molecule has 0 radical (unpaired) electrons. The third kappa shape index (κ3) is 2.43. The Balaban J connectivity index is 3.38. The summed E-state index contributed by atoms with van der Waals surface area (Å²) in [7, 11) is 0. The van der Waals surface area contributed by atoms with Crippen molar-refractivity contribution >= 4 is 5.97 Å². The molecule has 1 N–H and O–H groups in total. The highest BCUT2D eigenvalue weighted by atomic mass is 16.5. The zero-order valence-electron chi connectivity index (χ0n) is 11.0. The van der Waals surface area contributed by atoms with Gasteiger partial charge in [-0.05, 0) is 0 Å². The van der Waals surface area contributed by atoms with Crippen LogP contribution < -0.4 is 4.73 Å². The van der Waals surface area contributed by atoms with Gasteiger partial charge in [0.15, 0.2) is 6.04 Å². The van der Waals surface area contributed by atoms with E-state index in [1.807, 2.05) is 27.7 Å². The summed E-state index contributed by atoms with van der Waals surface area (Å²) < 4.78 is 2.34. The minimum absolute atomic E-state index is 0.0724. The van der Waals surface area contributed by atoms with Crippen molar-refractivity contribution in [1.29, 1.82) is 0 Å². The Morgan fingerprint density at radius 3 is 2.29 bits per heavy atom. The number of aromatic nitrogens is 2. The van der Waals surface area contributed by atoms with Crippen LogP contribution >= 0.6 is 0 Å². The second kappa shape index (κ2) is 4.77. The Kier molecular flexibility index (Phi) is 3.80. The molecule has 0 saturated heterocycles. The number of hydrogen-bond donors (Lipinski definition) is 1. The highest BCUT2D eigenvalue weighted by Crippen LogP contribution is 2.25. The lowest BCUT2D eigenvalue weighted by molar-refractivity contribution is -0.611. The summed E-state index contributed by atoms with van der Waals surface area (Å²) in [5, 5.41) is 20.9. The molecule has 0 aliphatic rings. The lowest BCUT2D eigenvalue weighted by atomic mass is 10.0.